The Morgan fingerprint density at radius 1 is 1.00 bits per heavy atom. The van der Waals surface area contributed by atoms with Crippen molar-refractivity contribution in [2.45, 2.75) is 33.2 Å². The number of hydrogen-bond donors (Lipinski definition) is 1. The van der Waals surface area contributed by atoms with Gasteiger partial charge >= 0.3 is 0 Å². The molecule has 0 unspecified atom stereocenters. The monoisotopic (exact) mass is 366 g/mol. The molecular formula is C21H26N4S. The summed E-state index contributed by atoms with van der Waals surface area (Å²) in [7, 11) is 4.07. The summed E-state index contributed by atoms with van der Waals surface area (Å²) in [6.07, 6.45) is 0. The van der Waals surface area contributed by atoms with Crippen LogP contribution in [0.3, 0.4) is 0 Å². The maximum atomic E-state index is 5.60. The predicted molar refractivity (Wildman–Crippen MR) is 117 cm³/mol. The average molecular weight is 367 g/mol. The molecule has 0 fully saturated rings. The van der Waals surface area contributed by atoms with Crippen molar-refractivity contribution in [3.8, 4) is 0 Å². The number of hydrogen-bond acceptors (Lipinski definition) is 3. The average Bonchev–Trinajstić information content (AvgIpc) is 2.79. The molecule has 1 aliphatic heterocycles. The minimum absolute atomic E-state index is 0.356. The van der Waals surface area contributed by atoms with E-state index in [-0.39, 0.29) is 5.54 Å². The Balaban J connectivity index is 1.92. The van der Waals surface area contributed by atoms with Gasteiger partial charge in [0.05, 0.1) is 5.54 Å². The van der Waals surface area contributed by atoms with Gasteiger partial charge < -0.3 is 15.1 Å². The van der Waals surface area contributed by atoms with Crippen molar-refractivity contribution < 1.29 is 0 Å². The summed E-state index contributed by atoms with van der Waals surface area (Å²) in [5.41, 5.74) is 5.35. The minimum Gasteiger partial charge on any atom is -0.378 e. The molecule has 5 heteroatoms. The van der Waals surface area contributed by atoms with Gasteiger partial charge in [0, 0.05) is 31.2 Å². The first-order valence-electron chi connectivity index (χ1n) is 8.76. The van der Waals surface area contributed by atoms with E-state index in [1.807, 2.05) is 14.1 Å². The Labute approximate surface area is 161 Å². The van der Waals surface area contributed by atoms with E-state index in [2.05, 4.69) is 90.3 Å². The molecule has 2 aromatic carbocycles. The van der Waals surface area contributed by atoms with Crippen molar-refractivity contribution >= 4 is 40.2 Å². The smallest absolute Gasteiger partial charge is 0.202 e. The van der Waals surface area contributed by atoms with E-state index in [4.69, 9.17) is 12.2 Å². The summed E-state index contributed by atoms with van der Waals surface area (Å²) < 4.78 is 0. The molecule has 0 aromatic heterocycles. The van der Waals surface area contributed by atoms with Gasteiger partial charge in [-0.05, 0) is 75.3 Å². The van der Waals surface area contributed by atoms with Gasteiger partial charge in [-0.1, -0.05) is 18.2 Å². The Morgan fingerprint density at radius 3 is 2.12 bits per heavy atom. The van der Waals surface area contributed by atoms with Crippen LogP contribution in [0.2, 0.25) is 0 Å². The van der Waals surface area contributed by atoms with Crippen LogP contribution in [0, 0.1) is 13.8 Å². The van der Waals surface area contributed by atoms with Gasteiger partial charge in [0.25, 0.3) is 0 Å². The molecule has 1 aliphatic rings. The third kappa shape index (κ3) is 3.19. The first kappa shape index (κ1) is 18.4. The fraction of sp³-hybridized carbons (Fsp3) is 0.333. The lowest BCUT2D eigenvalue weighted by molar-refractivity contribution is 0.702. The van der Waals surface area contributed by atoms with E-state index in [9.17, 15) is 0 Å². The molecular weight excluding hydrogens is 340 g/mol. The molecule has 136 valence electrons. The molecule has 1 heterocycles. The summed E-state index contributed by atoms with van der Waals surface area (Å²) >= 11 is 5.60. The van der Waals surface area contributed by atoms with Crippen molar-refractivity contribution in [1.82, 2.24) is 0 Å². The van der Waals surface area contributed by atoms with Gasteiger partial charge in [-0.15, -0.1) is 0 Å². The lowest BCUT2D eigenvalue weighted by Crippen LogP contribution is -2.49. The highest BCUT2D eigenvalue weighted by atomic mass is 32.1. The van der Waals surface area contributed by atoms with Crippen molar-refractivity contribution in [3.63, 3.8) is 0 Å². The zero-order valence-corrected chi connectivity index (χ0v) is 17.1. The number of amidine groups is 1. The van der Waals surface area contributed by atoms with Crippen LogP contribution >= 0.6 is 12.2 Å². The fourth-order valence-corrected chi connectivity index (χ4v) is 3.70. The SMILES string of the molecule is Cc1cccc(C)c1NC1=NC(=S)N(c2ccc(N(C)C)cc2)C1(C)C. The number of anilines is 3. The number of thiocarbonyl (C=S) groups is 1. The van der Waals surface area contributed by atoms with Gasteiger partial charge in [-0.2, -0.15) is 0 Å². The van der Waals surface area contributed by atoms with Crippen LogP contribution in [0.15, 0.2) is 47.5 Å². The summed E-state index contributed by atoms with van der Waals surface area (Å²) in [6, 6.07) is 14.7. The van der Waals surface area contributed by atoms with Crippen LogP contribution < -0.4 is 15.1 Å². The van der Waals surface area contributed by atoms with E-state index < -0.39 is 0 Å². The largest absolute Gasteiger partial charge is 0.378 e. The van der Waals surface area contributed by atoms with Crippen molar-refractivity contribution in [2.75, 3.05) is 29.2 Å². The third-order valence-electron chi connectivity index (χ3n) is 4.89. The standard InChI is InChI=1S/C21H26N4S/c1-14-8-7-9-15(2)18(14)22-19-21(3,4)25(20(26)23-19)17-12-10-16(11-13-17)24(5)6/h7-13H,1-6H3,(H,22,23,26). The lowest BCUT2D eigenvalue weighted by atomic mass is 10.0. The molecule has 0 saturated heterocycles. The number of aliphatic imine (C=N–C) groups is 1. The topological polar surface area (TPSA) is 30.9 Å². The number of aryl methyl sites for hydroxylation is 2. The molecule has 3 rings (SSSR count). The Morgan fingerprint density at radius 2 is 1.58 bits per heavy atom. The summed E-state index contributed by atoms with van der Waals surface area (Å²) in [4.78, 5) is 8.88. The summed E-state index contributed by atoms with van der Waals surface area (Å²) in [5, 5.41) is 4.12. The molecule has 0 bridgehead atoms. The van der Waals surface area contributed by atoms with Crippen LogP contribution in [0.5, 0.6) is 0 Å². The maximum Gasteiger partial charge on any atom is 0.202 e. The molecule has 0 aliphatic carbocycles. The van der Waals surface area contributed by atoms with Crippen LogP contribution in [-0.4, -0.2) is 30.6 Å². The molecule has 0 spiro atoms. The minimum atomic E-state index is -0.356. The molecule has 0 amide bonds. The third-order valence-corrected chi connectivity index (χ3v) is 5.16. The van der Waals surface area contributed by atoms with Gasteiger partial charge in [0.1, 0.15) is 5.84 Å². The second-order valence-electron chi connectivity index (χ2n) is 7.44. The molecule has 2 aromatic rings. The number of benzene rings is 2. The van der Waals surface area contributed by atoms with Gasteiger partial charge in [0.2, 0.25) is 5.11 Å². The first-order valence-corrected chi connectivity index (χ1v) is 9.16. The van der Waals surface area contributed by atoms with Crippen LogP contribution in [0.4, 0.5) is 17.1 Å². The van der Waals surface area contributed by atoms with Crippen molar-refractivity contribution in [2.24, 2.45) is 4.99 Å². The predicted octanol–water partition coefficient (Wildman–Crippen LogP) is 4.76. The quantitative estimate of drug-likeness (QED) is 0.793. The Kier molecular flexibility index (Phi) is 4.76. The summed E-state index contributed by atoms with van der Waals surface area (Å²) in [6.45, 7) is 8.50. The van der Waals surface area contributed by atoms with Gasteiger partial charge in [-0.3, -0.25) is 0 Å². The first-order chi connectivity index (χ1) is 12.2. The molecule has 1 N–H and O–H groups in total. The van der Waals surface area contributed by atoms with E-state index >= 15 is 0 Å². The number of nitrogens with one attached hydrogen (secondary N) is 1. The molecule has 0 saturated carbocycles. The molecule has 0 radical (unpaired) electrons. The number of para-hydroxylation sites is 1. The van der Waals surface area contributed by atoms with E-state index in [0.717, 1.165) is 22.9 Å². The highest BCUT2D eigenvalue weighted by molar-refractivity contribution is 7.80. The highest BCUT2D eigenvalue weighted by Gasteiger charge is 2.41. The zero-order chi connectivity index (χ0) is 19.1. The van der Waals surface area contributed by atoms with E-state index in [0.29, 0.717) is 5.11 Å². The maximum absolute atomic E-state index is 5.60. The number of rotatable bonds is 3. The van der Waals surface area contributed by atoms with E-state index in [1.165, 1.54) is 11.1 Å². The van der Waals surface area contributed by atoms with Crippen LogP contribution in [0.25, 0.3) is 0 Å². The number of nitrogens with zero attached hydrogens (tertiary/aromatic N) is 3. The lowest BCUT2D eigenvalue weighted by Gasteiger charge is -2.34. The van der Waals surface area contributed by atoms with Crippen LogP contribution in [-0.2, 0) is 0 Å². The second-order valence-corrected chi connectivity index (χ2v) is 7.81. The fourth-order valence-electron chi connectivity index (χ4n) is 3.27. The molecule has 0 atom stereocenters. The van der Waals surface area contributed by atoms with Gasteiger partial charge in [0.15, 0.2) is 0 Å². The van der Waals surface area contributed by atoms with Crippen molar-refractivity contribution in [3.05, 3.63) is 53.6 Å². The second kappa shape index (κ2) is 6.72. The van der Waals surface area contributed by atoms with E-state index in [1.54, 1.807) is 0 Å². The van der Waals surface area contributed by atoms with Crippen LogP contribution in [0.1, 0.15) is 25.0 Å². The Bertz CT molecular complexity index is 846. The Hall–Kier alpha value is -2.40. The molecule has 26 heavy (non-hydrogen) atoms. The van der Waals surface area contributed by atoms with Crippen molar-refractivity contribution in [1.29, 1.82) is 0 Å². The molecule has 4 nitrogen and oxygen atoms in total. The normalized spacial score (nSPS) is 15.8. The highest BCUT2D eigenvalue weighted by Crippen LogP contribution is 2.33. The summed E-state index contributed by atoms with van der Waals surface area (Å²) in [5.74, 6) is 0.872. The van der Waals surface area contributed by atoms with Gasteiger partial charge in [-0.25, -0.2) is 4.99 Å². The zero-order valence-electron chi connectivity index (χ0n) is 16.3.